The topological polar surface area (TPSA) is 70.3 Å². The maximum absolute atomic E-state index is 9.14. The van der Waals surface area contributed by atoms with Crippen LogP contribution in [0.5, 0.6) is 0 Å². The van der Waals surface area contributed by atoms with Gasteiger partial charge in [-0.3, -0.25) is 0 Å². The Morgan fingerprint density at radius 2 is 2.12 bits per heavy atom. The van der Waals surface area contributed by atoms with Crippen molar-refractivity contribution >= 4 is 0 Å². The normalized spacial score (nSPS) is 12.0. The Kier molecular flexibility index (Phi) is 4.92. The van der Waals surface area contributed by atoms with E-state index in [1.54, 1.807) is 19.4 Å². The molecule has 0 atom stereocenters. The average molecular weight is 227 g/mol. The lowest BCUT2D eigenvalue weighted by molar-refractivity contribution is 0.102. The van der Waals surface area contributed by atoms with Crippen LogP contribution in [0.2, 0.25) is 0 Å². The van der Waals surface area contributed by atoms with Crippen LogP contribution in [0.3, 0.4) is 0 Å². The first-order valence-electron chi connectivity index (χ1n) is 5.61. The van der Waals surface area contributed by atoms with E-state index in [2.05, 4.69) is 21.8 Å². The van der Waals surface area contributed by atoms with Crippen molar-refractivity contribution in [1.82, 2.24) is 14.9 Å². The lowest BCUT2D eigenvalue weighted by Crippen LogP contribution is -2.48. The predicted octanol–water partition coefficient (Wildman–Crippen LogP) is 0.126. The van der Waals surface area contributed by atoms with E-state index in [0.717, 1.165) is 18.7 Å². The maximum Gasteiger partial charge on any atom is 0.0948 e. The number of aromatic nitrogens is 2. The first-order chi connectivity index (χ1) is 7.65. The maximum atomic E-state index is 9.14. The number of aryl methyl sites for hydroxylation is 1. The minimum absolute atomic E-state index is 0.0919. The van der Waals surface area contributed by atoms with Crippen LogP contribution in [0.1, 0.15) is 26.0 Å². The van der Waals surface area contributed by atoms with E-state index in [0.29, 0.717) is 6.54 Å². The number of aliphatic hydroxyl groups is 2. The summed E-state index contributed by atoms with van der Waals surface area (Å²) in [7, 11) is 0. The smallest absolute Gasteiger partial charge is 0.0948 e. The van der Waals surface area contributed by atoms with Gasteiger partial charge in [0.2, 0.25) is 0 Å². The quantitative estimate of drug-likeness (QED) is 0.619. The Hall–Kier alpha value is -0.910. The molecule has 3 N–H and O–H groups in total. The van der Waals surface area contributed by atoms with Crippen molar-refractivity contribution in [2.24, 2.45) is 0 Å². The molecule has 5 heteroatoms. The molecule has 0 spiro atoms. The second kappa shape index (κ2) is 5.98. The van der Waals surface area contributed by atoms with Crippen molar-refractivity contribution in [3.63, 3.8) is 0 Å². The fourth-order valence-electron chi connectivity index (χ4n) is 1.40. The van der Waals surface area contributed by atoms with E-state index in [9.17, 15) is 0 Å². The first-order valence-corrected chi connectivity index (χ1v) is 5.61. The Bertz CT molecular complexity index is 308. The van der Waals surface area contributed by atoms with E-state index in [4.69, 9.17) is 10.2 Å². The third-order valence-electron chi connectivity index (χ3n) is 2.66. The fourth-order valence-corrected chi connectivity index (χ4v) is 1.40. The van der Waals surface area contributed by atoms with Gasteiger partial charge in [-0.05, 0) is 13.3 Å². The standard InChI is InChI=1S/C11H21N3O2/c1-3-4-14-9-12-5-10(14)6-13-11(2,7-15)8-16/h5,9,13,15-16H,3-4,6-8H2,1-2H3. The monoisotopic (exact) mass is 227 g/mol. The molecular weight excluding hydrogens is 206 g/mol. The number of rotatable bonds is 7. The molecule has 0 saturated carbocycles. The summed E-state index contributed by atoms with van der Waals surface area (Å²) < 4.78 is 2.07. The number of nitrogens with zero attached hydrogens (tertiary/aromatic N) is 2. The second-order valence-corrected chi connectivity index (χ2v) is 4.31. The molecule has 0 amide bonds. The highest BCUT2D eigenvalue weighted by molar-refractivity contribution is 4.99. The summed E-state index contributed by atoms with van der Waals surface area (Å²) in [6, 6.07) is 0. The lowest BCUT2D eigenvalue weighted by Gasteiger charge is -2.26. The molecular formula is C11H21N3O2. The number of nitrogens with one attached hydrogen (secondary N) is 1. The molecule has 16 heavy (non-hydrogen) atoms. The molecule has 0 unspecified atom stereocenters. The van der Waals surface area contributed by atoms with Gasteiger partial charge in [0.15, 0.2) is 0 Å². The molecule has 1 aromatic rings. The zero-order valence-corrected chi connectivity index (χ0v) is 9.98. The van der Waals surface area contributed by atoms with Crippen LogP contribution in [-0.2, 0) is 13.1 Å². The predicted molar refractivity (Wildman–Crippen MR) is 61.9 cm³/mol. The average Bonchev–Trinajstić information content (AvgIpc) is 2.74. The summed E-state index contributed by atoms with van der Waals surface area (Å²) in [6.07, 6.45) is 4.66. The minimum atomic E-state index is -0.638. The summed E-state index contributed by atoms with van der Waals surface area (Å²) in [6.45, 7) is 5.25. The van der Waals surface area contributed by atoms with E-state index in [1.807, 2.05) is 0 Å². The van der Waals surface area contributed by atoms with Gasteiger partial charge in [0.1, 0.15) is 0 Å². The Balaban J connectivity index is 2.56. The fraction of sp³-hybridized carbons (Fsp3) is 0.727. The molecule has 0 aliphatic heterocycles. The summed E-state index contributed by atoms with van der Waals surface area (Å²) in [5.41, 5.74) is 0.427. The molecule has 5 nitrogen and oxygen atoms in total. The summed E-state index contributed by atoms with van der Waals surface area (Å²) in [5, 5.41) is 21.4. The molecule has 0 aliphatic rings. The molecule has 0 radical (unpaired) electrons. The van der Waals surface area contributed by atoms with Gasteiger partial charge in [0, 0.05) is 19.3 Å². The zero-order valence-electron chi connectivity index (χ0n) is 9.98. The zero-order chi connectivity index (χ0) is 12.0. The summed E-state index contributed by atoms with van der Waals surface area (Å²) in [4.78, 5) is 4.09. The van der Waals surface area contributed by atoms with Crippen LogP contribution >= 0.6 is 0 Å². The van der Waals surface area contributed by atoms with Crippen molar-refractivity contribution in [3.05, 3.63) is 18.2 Å². The molecule has 1 rings (SSSR count). The van der Waals surface area contributed by atoms with Crippen LogP contribution in [0, 0.1) is 0 Å². The van der Waals surface area contributed by atoms with Gasteiger partial charge in [-0.1, -0.05) is 6.92 Å². The highest BCUT2D eigenvalue weighted by atomic mass is 16.3. The van der Waals surface area contributed by atoms with E-state index in [-0.39, 0.29) is 13.2 Å². The van der Waals surface area contributed by atoms with Crippen molar-refractivity contribution < 1.29 is 10.2 Å². The Morgan fingerprint density at radius 3 is 2.69 bits per heavy atom. The molecule has 1 heterocycles. The SMILES string of the molecule is CCCn1cncc1CNC(C)(CO)CO. The third-order valence-corrected chi connectivity index (χ3v) is 2.66. The highest BCUT2D eigenvalue weighted by Crippen LogP contribution is 2.05. The first kappa shape index (κ1) is 13.2. The largest absolute Gasteiger partial charge is 0.394 e. The van der Waals surface area contributed by atoms with Gasteiger partial charge in [0.05, 0.1) is 30.8 Å². The van der Waals surface area contributed by atoms with Gasteiger partial charge in [-0.2, -0.15) is 0 Å². The van der Waals surface area contributed by atoms with Crippen LogP contribution in [0.15, 0.2) is 12.5 Å². The second-order valence-electron chi connectivity index (χ2n) is 4.31. The van der Waals surface area contributed by atoms with Crippen molar-refractivity contribution in [3.8, 4) is 0 Å². The summed E-state index contributed by atoms with van der Waals surface area (Å²) in [5.74, 6) is 0. The Morgan fingerprint density at radius 1 is 1.44 bits per heavy atom. The van der Waals surface area contributed by atoms with Crippen LogP contribution in [0.4, 0.5) is 0 Å². The van der Waals surface area contributed by atoms with Gasteiger partial charge < -0.3 is 20.1 Å². The number of imidazole rings is 1. The van der Waals surface area contributed by atoms with Crippen LogP contribution in [0.25, 0.3) is 0 Å². The van der Waals surface area contributed by atoms with Crippen LogP contribution < -0.4 is 5.32 Å². The van der Waals surface area contributed by atoms with E-state index >= 15 is 0 Å². The molecule has 0 aliphatic carbocycles. The minimum Gasteiger partial charge on any atom is -0.394 e. The van der Waals surface area contributed by atoms with E-state index in [1.165, 1.54) is 0 Å². The molecule has 0 aromatic carbocycles. The third kappa shape index (κ3) is 3.30. The van der Waals surface area contributed by atoms with E-state index < -0.39 is 5.54 Å². The molecule has 92 valence electrons. The Labute approximate surface area is 96.1 Å². The number of hydrogen-bond acceptors (Lipinski definition) is 4. The van der Waals surface area contributed by atoms with Gasteiger partial charge in [0.25, 0.3) is 0 Å². The highest BCUT2D eigenvalue weighted by Gasteiger charge is 2.21. The van der Waals surface area contributed by atoms with Crippen molar-refractivity contribution in [2.45, 2.75) is 38.9 Å². The van der Waals surface area contributed by atoms with Crippen molar-refractivity contribution in [2.75, 3.05) is 13.2 Å². The number of aliphatic hydroxyl groups excluding tert-OH is 2. The van der Waals surface area contributed by atoms with Gasteiger partial charge >= 0.3 is 0 Å². The van der Waals surface area contributed by atoms with Gasteiger partial charge in [-0.15, -0.1) is 0 Å². The molecule has 0 fully saturated rings. The lowest BCUT2D eigenvalue weighted by atomic mass is 10.1. The van der Waals surface area contributed by atoms with Crippen LogP contribution in [-0.4, -0.2) is 38.5 Å². The number of hydrogen-bond donors (Lipinski definition) is 3. The van der Waals surface area contributed by atoms with Crippen molar-refractivity contribution in [1.29, 1.82) is 0 Å². The molecule has 0 bridgehead atoms. The summed E-state index contributed by atoms with van der Waals surface area (Å²) >= 11 is 0. The molecule has 0 saturated heterocycles. The molecule has 1 aromatic heterocycles. The van der Waals surface area contributed by atoms with Gasteiger partial charge in [-0.25, -0.2) is 4.98 Å².